The minimum Gasteiger partial charge on any atom is -0.493 e. The fraction of sp³-hybridized carbons (Fsp3) is 0.200. The van der Waals surface area contributed by atoms with E-state index in [1.54, 1.807) is 0 Å². The maximum atomic E-state index is 6.42. The molecular formula is C15H12Br2ClNO. The van der Waals surface area contributed by atoms with Crippen molar-refractivity contribution in [2.24, 2.45) is 5.73 Å². The summed E-state index contributed by atoms with van der Waals surface area (Å²) < 4.78 is 7.69. The molecule has 0 fully saturated rings. The van der Waals surface area contributed by atoms with Crippen molar-refractivity contribution in [2.45, 2.75) is 12.5 Å². The summed E-state index contributed by atoms with van der Waals surface area (Å²) in [4.78, 5) is 0. The quantitative estimate of drug-likeness (QED) is 0.758. The van der Waals surface area contributed by atoms with E-state index in [9.17, 15) is 0 Å². The average Bonchev–Trinajstić information content (AvgIpc) is 2.83. The van der Waals surface area contributed by atoms with Crippen LogP contribution in [0.2, 0.25) is 5.02 Å². The number of rotatable bonds is 2. The van der Waals surface area contributed by atoms with Gasteiger partial charge in [-0.15, -0.1) is 0 Å². The first-order chi connectivity index (χ1) is 9.54. The van der Waals surface area contributed by atoms with Crippen molar-refractivity contribution in [1.82, 2.24) is 0 Å². The van der Waals surface area contributed by atoms with E-state index in [0.29, 0.717) is 11.6 Å². The monoisotopic (exact) mass is 415 g/mol. The normalized spacial score (nSPS) is 14.8. The number of benzene rings is 2. The van der Waals surface area contributed by atoms with Gasteiger partial charge in [0, 0.05) is 26.0 Å². The van der Waals surface area contributed by atoms with Crippen molar-refractivity contribution in [1.29, 1.82) is 0 Å². The lowest BCUT2D eigenvalue weighted by molar-refractivity contribution is 0.352. The predicted molar refractivity (Wildman–Crippen MR) is 88.5 cm³/mol. The summed E-state index contributed by atoms with van der Waals surface area (Å²) in [5.74, 6) is 0.887. The second-order valence-electron chi connectivity index (χ2n) is 4.76. The van der Waals surface area contributed by atoms with Gasteiger partial charge in [-0.3, -0.25) is 0 Å². The van der Waals surface area contributed by atoms with E-state index in [1.165, 1.54) is 0 Å². The van der Waals surface area contributed by atoms with Crippen molar-refractivity contribution in [2.75, 3.05) is 6.61 Å². The summed E-state index contributed by atoms with van der Waals surface area (Å²) in [6, 6.07) is 9.58. The maximum Gasteiger partial charge on any atom is 0.127 e. The Labute approximate surface area is 139 Å². The molecule has 0 saturated carbocycles. The summed E-state index contributed by atoms with van der Waals surface area (Å²) in [6.07, 6.45) is 0.887. The van der Waals surface area contributed by atoms with Gasteiger partial charge in [-0.25, -0.2) is 0 Å². The molecule has 0 spiro atoms. The lowest BCUT2D eigenvalue weighted by Gasteiger charge is -2.17. The molecule has 1 aliphatic rings. The Kier molecular flexibility index (Phi) is 4.09. The predicted octanol–water partition coefficient (Wildman–Crippen LogP) is 4.85. The van der Waals surface area contributed by atoms with Crippen LogP contribution in [0.15, 0.2) is 39.3 Å². The molecule has 3 rings (SSSR count). The van der Waals surface area contributed by atoms with E-state index < -0.39 is 0 Å². The summed E-state index contributed by atoms with van der Waals surface area (Å²) >= 11 is 13.2. The highest BCUT2D eigenvalue weighted by atomic mass is 79.9. The standard InChI is InChI=1S/C15H12Br2ClNO/c16-10-3-9(4-11(17)6-10)14(19)13-7-12(18)5-8-1-2-20-15(8)13/h3-7,14H,1-2,19H2. The van der Waals surface area contributed by atoms with Gasteiger partial charge in [-0.05, 0) is 41.5 Å². The minimum atomic E-state index is -0.269. The zero-order valence-corrected chi connectivity index (χ0v) is 14.4. The van der Waals surface area contributed by atoms with Gasteiger partial charge in [0.05, 0.1) is 12.6 Å². The molecule has 1 unspecified atom stereocenters. The zero-order chi connectivity index (χ0) is 14.3. The molecule has 2 nitrogen and oxygen atoms in total. The van der Waals surface area contributed by atoms with Crippen molar-refractivity contribution in [3.63, 3.8) is 0 Å². The summed E-state index contributed by atoms with van der Waals surface area (Å²) in [7, 11) is 0. The molecule has 2 aromatic rings. The van der Waals surface area contributed by atoms with Crippen LogP contribution in [-0.4, -0.2) is 6.61 Å². The van der Waals surface area contributed by atoms with E-state index in [1.807, 2.05) is 30.3 Å². The van der Waals surface area contributed by atoms with Crippen LogP contribution in [0.1, 0.15) is 22.7 Å². The van der Waals surface area contributed by atoms with Gasteiger partial charge in [-0.2, -0.15) is 0 Å². The molecule has 5 heteroatoms. The first kappa shape index (κ1) is 14.4. The molecule has 2 aromatic carbocycles. The molecule has 1 aliphatic heterocycles. The van der Waals surface area contributed by atoms with Gasteiger partial charge >= 0.3 is 0 Å². The van der Waals surface area contributed by atoms with Crippen LogP contribution in [0.25, 0.3) is 0 Å². The third-order valence-electron chi connectivity index (χ3n) is 3.36. The Morgan fingerprint density at radius 3 is 2.50 bits per heavy atom. The molecule has 2 N–H and O–H groups in total. The van der Waals surface area contributed by atoms with Gasteiger partial charge in [-0.1, -0.05) is 43.5 Å². The van der Waals surface area contributed by atoms with Crippen LogP contribution < -0.4 is 10.5 Å². The fourth-order valence-electron chi connectivity index (χ4n) is 2.46. The maximum absolute atomic E-state index is 6.42. The van der Waals surface area contributed by atoms with Gasteiger partial charge in [0.1, 0.15) is 5.75 Å². The van der Waals surface area contributed by atoms with E-state index in [-0.39, 0.29) is 6.04 Å². The molecule has 0 radical (unpaired) electrons. The third-order valence-corrected chi connectivity index (χ3v) is 4.49. The van der Waals surface area contributed by atoms with Gasteiger partial charge < -0.3 is 10.5 Å². The van der Waals surface area contributed by atoms with E-state index in [4.69, 9.17) is 22.1 Å². The van der Waals surface area contributed by atoms with Crippen LogP contribution in [0, 0.1) is 0 Å². The smallest absolute Gasteiger partial charge is 0.127 e. The molecule has 0 saturated heterocycles. The highest BCUT2D eigenvalue weighted by Gasteiger charge is 2.22. The van der Waals surface area contributed by atoms with Gasteiger partial charge in [0.25, 0.3) is 0 Å². The van der Waals surface area contributed by atoms with E-state index in [2.05, 4.69) is 31.9 Å². The van der Waals surface area contributed by atoms with Crippen LogP contribution in [0.5, 0.6) is 5.75 Å². The summed E-state index contributed by atoms with van der Waals surface area (Å²) in [5.41, 5.74) is 9.50. The summed E-state index contributed by atoms with van der Waals surface area (Å²) in [6.45, 7) is 0.692. The number of nitrogens with two attached hydrogens (primary N) is 1. The van der Waals surface area contributed by atoms with Crippen molar-refractivity contribution in [3.05, 3.63) is 61.0 Å². The Morgan fingerprint density at radius 2 is 1.80 bits per heavy atom. The minimum absolute atomic E-state index is 0.269. The molecule has 104 valence electrons. The topological polar surface area (TPSA) is 35.2 Å². The number of hydrogen-bond acceptors (Lipinski definition) is 2. The first-order valence-corrected chi connectivity index (χ1v) is 8.17. The second kappa shape index (κ2) is 5.68. The van der Waals surface area contributed by atoms with E-state index in [0.717, 1.165) is 37.8 Å². The first-order valence-electron chi connectivity index (χ1n) is 6.21. The fourth-order valence-corrected chi connectivity index (χ4v) is 4.04. The number of fused-ring (bicyclic) bond motifs is 1. The second-order valence-corrected chi connectivity index (χ2v) is 7.03. The Bertz CT molecular complexity index is 655. The van der Waals surface area contributed by atoms with Crippen LogP contribution in [-0.2, 0) is 6.42 Å². The molecular weight excluding hydrogens is 405 g/mol. The Balaban J connectivity index is 2.08. The van der Waals surface area contributed by atoms with Crippen LogP contribution in [0.3, 0.4) is 0 Å². The summed E-state index contributed by atoms with van der Waals surface area (Å²) in [5, 5.41) is 0.703. The van der Waals surface area contributed by atoms with Crippen molar-refractivity contribution < 1.29 is 4.74 Å². The highest BCUT2D eigenvalue weighted by molar-refractivity contribution is 9.11. The highest BCUT2D eigenvalue weighted by Crippen LogP contribution is 2.38. The van der Waals surface area contributed by atoms with Crippen molar-refractivity contribution in [3.8, 4) is 5.75 Å². The molecule has 1 heterocycles. The number of halogens is 3. The molecule has 0 amide bonds. The number of hydrogen-bond donors (Lipinski definition) is 1. The van der Waals surface area contributed by atoms with Crippen LogP contribution in [0.4, 0.5) is 0 Å². The molecule has 20 heavy (non-hydrogen) atoms. The molecule has 1 atom stereocenters. The van der Waals surface area contributed by atoms with Crippen molar-refractivity contribution >= 4 is 43.5 Å². The average molecular weight is 418 g/mol. The Morgan fingerprint density at radius 1 is 1.10 bits per heavy atom. The van der Waals surface area contributed by atoms with E-state index >= 15 is 0 Å². The lowest BCUT2D eigenvalue weighted by Crippen LogP contribution is -2.13. The van der Waals surface area contributed by atoms with Gasteiger partial charge in [0.2, 0.25) is 0 Å². The molecule has 0 aromatic heterocycles. The number of ether oxygens (including phenoxy) is 1. The van der Waals surface area contributed by atoms with Gasteiger partial charge in [0.15, 0.2) is 0 Å². The third kappa shape index (κ3) is 2.75. The Hall–Kier alpha value is -0.550. The molecule has 0 bridgehead atoms. The largest absolute Gasteiger partial charge is 0.493 e. The SMILES string of the molecule is NC(c1cc(Br)cc(Br)c1)c1cc(Cl)cc2c1OCC2. The zero-order valence-electron chi connectivity index (χ0n) is 10.5. The van der Waals surface area contributed by atoms with Crippen LogP contribution >= 0.6 is 43.5 Å². The lowest BCUT2D eigenvalue weighted by atomic mass is 9.96. The molecule has 0 aliphatic carbocycles.